The number of likely N-dealkylation sites (N-methyl/N-ethyl adjacent to an activating group) is 1. The van der Waals surface area contributed by atoms with Gasteiger partial charge in [0.25, 0.3) is 0 Å². The Bertz CT molecular complexity index is 333. The molecule has 0 bridgehead atoms. The van der Waals surface area contributed by atoms with Crippen LogP contribution in [0.4, 0.5) is 0 Å². The van der Waals surface area contributed by atoms with Gasteiger partial charge in [-0.1, -0.05) is 12.5 Å². The Balaban J connectivity index is 1.79. The van der Waals surface area contributed by atoms with Crippen LogP contribution in [0.25, 0.3) is 0 Å². The second-order valence-corrected chi connectivity index (χ2v) is 5.65. The van der Waals surface area contributed by atoms with Gasteiger partial charge in [0.15, 0.2) is 0 Å². The van der Waals surface area contributed by atoms with Crippen molar-refractivity contribution in [1.82, 2.24) is 15.2 Å². The van der Waals surface area contributed by atoms with E-state index >= 15 is 0 Å². The first kappa shape index (κ1) is 13.0. The molecule has 0 unspecified atom stereocenters. The fraction of sp³-hybridized carbons (Fsp3) is 0.615. The van der Waals surface area contributed by atoms with E-state index in [1.165, 1.54) is 31.4 Å². The Hall–Kier alpha value is -0.450. The molecule has 0 saturated carbocycles. The quantitative estimate of drug-likeness (QED) is 0.865. The molecule has 0 aromatic carbocycles. The van der Waals surface area contributed by atoms with Gasteiger partial charge in [-0.15, -0.1) is 0 Å². The Labute approximate surface area is 112 Å². The number of aromatic nitrogens is 1. The number of hydrogen-bond acceptors (Lipinski definition) is 3. The molecule has 0 amide bonds. The van der Waals surface area contributed by atoms with Crippen molar-refractivity contribution in [2.75, 3.05) is 20.1 Å². The highest BCUT2D eigenvalue weighted by Crippen LogP contribution is 2.11. The predicted molar refractivity (Wildman–Crippen MR) is 73.9 cm³/mol. The molecule has 0 spiro atoms. The zero-order chi connectivity index (χ0) is 12.1. The third-order valence-corrected chi connectivity index (χ3v) is 3.65. The molecular formula is C13H20BrN3. The van der Waals surface area contributed by atoms with Gasteiger partial charge in [-0.3, -0.25) is 0 Å². The summed E-state index contributed by atoms with van der Waals surface area (Å²) in [6.45, 7) is 3.27. The van der Waals surface area contributed by atoms with Crippen LogP contribution in [-0.4, -0.2) is 36.1 Å². The van der Waals surface area contributed by atoms with Crippen LogP contribution >= 0.6 is 15.9 Å². The van der Waals surface area contributed by atoms with Crippen LogP contribution in [0.1, 0.15) is 24.8 Å². The fourth-order valence-corrected chi connectivity index (χ4v) is 2.57. The summed E-state index contributed by atoms with van der Waals surface area (Å²) in [6, 6.07) is 4.79. The van der Waals surface area contributed by atoms with Crippen LogP contribution in [0.3, 0.4) is 0 Å². The maximum Gasteiger partial charge on any atom is 0.106 e. The smallest absolute Gasteiger partial charge is 0.106 e. The monoisotopic (exact) mass is 297 g/mol. The highest BCUT2D eigenvalue weighted by molar-refractivity contribution is 9.10. The topological polar surface area (TPSA) is 28.2 Å². The van der Waals surface area contributed by atoms with Crippen LogP contribution in [-0.2, 0) is 6.54 Å². The number of halogens is 1. The minimum Gasteiger partial charge on any atom is -0.313 e. The number of nitrogens with one attached hydrogen (secondary N) is 1. The molecule has 4 heteroatoms. The molecule has 1 N–H and O–H groups in total. The largest absolute Gasteiger partial charge is 0.313 e. The molecule has 1 saturated heterocycles. The van der Waals surface area contributed by atoms with Gasteiger partial charge in [0.1, 0.15) is 4.60 Å². The summed E-state index contributed by atoms with van der Waals surface area (Å²) >= 11 is 3.36. The maximum atomic E-state index is 4.25. The minimum atomic E-state index is 0.664. The zero-order valence-corrected chi connectivity index (χ0v) is 11.9. The normalized spacial score (nSPS) is 20.8. The van der Waals surface area contributed by atoms with Crippen molar-refractivity contribution < 1.29 is 0 Å². The van der Waals surface area contributed by atoms with E-state index in [0.717, 1.165) is 17.7 Å². The second-order valence-electron chi connectivity index (χ2n) is 4.83. The summed E-state index contributed by atoms with van der Waals surface area (Å²) in [5.41, 5.74) is 1.27. The molecule has 17 heavy (non-hydrogen) atoms. The average Bonchev–Trinajstić information content (AvgIpc) is 2.33. The zero-order valence-electron chi connectivity index (χ0n) is 10.3. The first-order chi connectivity index (χ1) is 8.24. The van der Waals surface area contributed by atoms with Gasteiger partial charge in [-0.05, 0) is 54.0 Å². The van der Waals surface area contributed by atoms with E-state index in [4.69, 9.17) is 0 Å². The standard InChI is InChI=1S/C13H20BrN3/c1-17(10-12-4-2-3-7-15-12)9-11-5-6-13(14)16-8-11/h5-6,8,12,15H,2-4,7,9-10H2,1H3/t12-/m1/s1. The first-order valence-electron chi connectivity index (χ1n) is 6.26. The molecule has 2 rings (SSSR count). The van der Waals surface area contributed by atoms with Crippen molar-refractivity contribution in [3.63, 3.8) is 0 Å². The third-order valence-electron chi connectivity index (χ3n) is 3.19. The molecule has 0 aliphatic carbocycles. The lowest BCUT2D eigenvalue weighted by Crippen LogP contribution is -2.42. The molecule has 1 aromatic rings. The Morgan fingerprint density at radius 3 is 3.00 bits per heavy atom. The van der Waals surface area contributed by atoms with Crippen LogP contribution in [0.2, 0.25) is 0 Å². The van der Waals surface area contributed by atoms with E-state index in [2.05, 4.69) is 44.2 Å². The number of nitrogens with zero attached hydrogens (tertiary/aromatic N) is 2. The molecule has 2 heterocycles. The van der Waals surface area contributed by atoms with Crippen LogP contribution in [0.5, 0.6) is 0 Å². The molecule has 1 atom stereocenters. The Morgan fingerprint density at radius 2 is 2.35 bits per heavy atom. The SMILES string of the molecule is CN(Cc1ccc(Br)nc1)C[C@H]1CCCCN1. The van der Waals surface area contributed by atoms with Gasteiger partial charge in [0, 0.05) is 25.3 Å². The molecule has 0 radical (unpaired) electrons. The number of pyridine rings is 1. The first-order valence-corrected chi connectivity index (χ1v) is 7.06. The van der Waals surface area contributed by atoms with Gasteiger partial charge in [-0.2, -0.15) is 0 Å². The number of hydrogen-bond donors (Lipinski definition) is 1. The van der Waals surface area contributed by atoms with Gasteiger partial charge in [0.05, 0.1) is 0 Å². The highest BCUT2D eigenvalue weighted by atomic mass is 79.9. The van der Waals surface area contributed by atoms with Crippen molar-refractivity contribution in [3.05, 3.63) is 28.5 Å². The molecule has 94 valence electrons. The summed E-state index contributed by atoms with van der Waals surface area (Å²) in [7, 11) is 2.18. The van der Waals surface area contributed by atoms with Crippen molar-refractivity contribution in [1.29, 1.82) is 0 Å². The number of rotatable bonds is 4. The molecular weight excluding hydrogens is 278 g/mol. The van der Waals surface area contributed by atoms with Crippen molar-refractivity contribution in [2.24, 2.45) is 0 Å². The highest BCUT2D eigenvalue weighted by Gasteiger charge is 2.14. The van der Waals surface area contributed by atoms with Crippen molar-refractivity contribution in [3.8, 4) is 0 Å². The molecule has 3 nitrogen and oxygen atoms in total. The lowest BCUT2D eigenvalue weighted by molar-refractivity contribution is 0.256. The molecule has 1 aliphatic heterocycles. The van der Waals surface area contributed by atoms with Gasteiger partial charge in [-0.25, -0.2) is 4.98 Å². The molecule has 1 aliphatic rings. The minimum absolute atomic E-state index is 0.664. The van der Waals surface area contributed by atoms with Gasteiger partial charge < -0.3 is 10.2 Å². The maximum absolute atomic E-state index is 4.25. The van der Waals surface area contributed by atoms with Gasteiger partial charge in [0.2, 0.25) is 0 Å². The lowest BCUT2D eigenvalue weighted by Gasteiger charge is -2.28. The van der Waals surface area contributed by atoms with E-state index < -0.39 is 0 Å². The van der Waals surface area contributed by atoms with Crippen molar-refractivity contribution >= 4 is 15.9 Å². The number of piperidine rings is 1. The van der Waals surface area contributed by atoms with Crippen molar-refractivity contribution in [2.45, 2.75) is 31.8 Å². The molecule has 1 fully saturated rings. The van der Waals surface area contributed by atoms with Gasteiger partial charge >= 0.3 is 0 Å². The predicted octanol–water partition coefficient (Wildman–Crippen LogP) is 2.42. The van der Waals surface area contributed by atoms with E-state index in [-0.39, 0.29) is 0 Å². The van der Waals surface area contributed by atoms with E-state index in [0.29, 0.717) is 6.04 Å². The van der Waals surface area contributed by atoms with E-state index in [9.17, 15) is 0 Å². The van der Waals surface area contributed by atoms with Crippen LogP contribution in [0, 0.1) is 0 Å². The lowest BCUT2D eigenvalue weighted by atomic mass is 10.0. The third kappa shape index (κ3) is 4.37. The van der Waals surface area contributed by atoms with E-state index in [1.807, 2.05) is 12.3 Å². The molecule has 1 aromatic heterocycles. The summed E-state index contributed by atoms with van der Waals surface area (Å²) in [5.74, 6) is 0. The summed E-state index contributed by atoms with van der Waals surface area (Å²) in [5, 5.41) is 3.58. The van der Waals surface area contributed by atoms with Crippen LogP contribution < -0.4 is 5.32 Å². The summed E-state index contributed by atoms with van der Waals surface area (Å²) < 4.78 is 0.901. The Morgan fingerprint density at radius 1 is 1.47 bits per heavy atom. The summed E-state index contributed by atoms with van der Waals surface area (Å²) in [4.78, 5) is 6.62. The fourth-order valence-electron chi connectivity index (χ4n) is 2.33. The Kier molecular flexibility index (Phi) is 4.95. The summed E-state index contributed by atoms with van der Waals surface area (Å²) in [6.07, 6.45) is 5.94. The second kappa shape index (κ2) is 6.47. The van der Waals surface area contributed by atoms with E-state index in [1.54, 1.807) is 0 Å². The average molecular weight is 298 g/mol. The van der Waals surface area contributed by atoms with Crippen LogP contribution in [0.15, 0.2) is 22.9 Å².